The van der Waals surface area contributed by atoms with E-state index in [4.69, 9.17) is 0 Å². The average Bonchev–Trinajstić information content (AvgIpc) is 3.72. The monoisotopic (exact) mass is 667 g/mol. The van der Waals surface area contributed by atoms with E-state index >= 15 is 0 Å². The normalized spacial score (nSPS) is 12.9. The van der Waals surface area contributed by atoms with Crippen LogP contribution in [0.5, 0.6) is 0 Å². The number of para-hydroxylation sites is 2. The zero-order valence-corrected chi connectivity index (χ0v) is 28.7. The molecule has 0 atom stereocenters. The third-order valence-corrected chi connectivity index (χ3v) is 11.7. The first kappa shape index (κ1) is 29.7. The molecule has 1 aliphatic rings. The first-order valence-electron chi connectivity index (χ1n) is 17.5. The van der Waals surface area contributed by atoms with Gasteiger partial charge < -0.3 is 4.90 Å². The number of fused-ring (bicyclic) bond motifs is 6. The zero-order chi connectivity index (χ0) is 33.8. The van der Waals surface area contributed by atoms with Crippen molar-refractivity contribution in [2.75, 3.05) is 4.90 Å². The molecule has 0 saturated heterocycles. The molecule has 1 nitrogen and oxygen atoms in total. The van der Waals surface area contributed by atoms with Crippen LogP contribution in [0.25, 0.3) is 42.4 Å². The van der Waals surface area contributed by atoms with Crippen LogP contribution in [0.2, 0.25) is 0 Å². The third-order valence-electron chi connectivity index (χ3n) is 10.5. The van der Waals surface area contributed by atoms with E-state index in [1.807, 2.05) is 11.3 Å². The summed E-state index contributed by atoms with van der Waals surface area (Å²) in [6.07, 6.45) is 0. The SMILES string of the molecule is c1ccc(N(c2ccccc2)c2ccc3sc4ccc(-c5ccc6c(c5)C(c5ccccc5)(c5ccccc5)c5ccccc5-6)cc4c3c2)cc1. The van der Waals surface area contributed by atoms with Gasteiger partial charge in [-0.25, -0.2) is 0 Å². The molecule has 8 aromatic carbocycles. The maximum atomic E-state index is 2.46. The van der Waals surface area contributed by atoms with Crippen LogP contribution in [0, 0.1) is 0 Å². The fourth-order valence-corrected chi connectivity index (χ4v) is 9.38. The Balaban J connectivity index is 1.16. The van der Waals surface area contributed by atoms with Gasteiger partial charge in [0.15, 0.2) is 0 Å². The van der Waals surface area contributed by atoms with Crippen LogP contribution in [0.3, 0.4) is 0 Å². The first-order chi connectivity index (χ1) is 25.3. The van der Waals surface area contributed by atoms with E-state index in [1.165, 1.54) is 64.7 Å². The van der Waals surface area contributed by atoms with Crippen molar-refractivity contribution < 1.29 is 0 Å². The molecule has 240 valence electrons. The molecule has 0 N–H and O–H groups in total. The lowest BCUT2D eigenvalue weighted by atomic mass is 9.67. The van der Waals surface area contributed by atoms with Crippen molar-refractivity contribution in [1.82, 2.24) is 0 Å². The molecule has 2 heteroatoms. The van der Waals surface area contributed by atoms with Crippen molar-refractivity contribution >= 4 is 48.6 Å². The Kier molecular flexibility index (Phi) is 6.97. The number of rotatable bonds is 6. The minimum absolute atomic E-state index is 0.420. The van der Waals surface area contributed by atoms with E-state index in [0.29, 0.717) is 0 Å². The van der Waals surface area contributed by atoms with Crippen LogP contribution in [0.4, 0.5) is 17.1 Å². The van der Waals surface area contributed by atoms with Crippen molar-refractivity contribution in [2.45, 2.75) is 5.41 Å². The number of benzene rings is 8. The minimum atomic E-state index is -0.420. The van der Waals surface area contributed by atoms with Gasteiger partial charge in [-0.3, -0.25) is 0 Å². The molecule has 10 rings (SSSR count). The van der Waals surface area contributed by atoms with Crippen molar-refractivity contribution in [3.05, 3.63) is 222 Å². The Bertz CT molecular complexity index is 2600. The number of anilines is 3. The Morgan fingerprint density at radius 2 is 0.843 bits per heavy atom. The van der Waals surface area contributed by atoms with Gasteiger partial charge in [-0.1, -0.05) is 140 Å². The molecule has 1 aromatic heterocycles. The second-order valence-electron chi connectivity index (χ2n) is 13.3. The fourth-order valence-electron chi connectivity index (χ4n) is 8.31. The van der Waals surface area contributed by atoms with Gasteiger partial charge in [-0.05, 0) is 105 Å². The highest BCUT2D eigenvalue weighted by atomic mass is 32.1. The van der Waals surface area contributed by atoms with Gasteiger partial charge in [0.05, 0.1) is 5.41 Å². The Labute approximate surface area is 302 Å². The number of nitrogens with zero attached hydrogens (tertiary/aromatic N) is 1. The van der Waals surface area contributed by atoms with Gasteiger partial charge in [-0.2, -0.15) is 0 Å². The summed E-state index contributed by atoms with van der Waals surface area (Å²) in [5.41, 5.74) is 13.3. The molecule has 0 spiro atoms. The summed E-state index contributed by atoms with van der Waals surface area (Å²) in [5, 5.41) is 2.57. The molecule has 1 aliphatic carbocycles. The molecule has 9 aromatic rings. The highest BCUT2D eigenvalue weighted by Crippen LogP contribution is 2.56. The topological polar surface area (TPSA) is 3.24 Å². The van der Waals surface area contributed by atoms with Gasteiger partial charge in [0.1, 0.15) is 0 Å². The van der Waals surface area contributed by atoms with Crippen LogP contribution in [0.15, 0.2) is 200 Å². The Hall–Kier alpha value is -6.22. The van der Waals surface area contributed by atoms with Gasteiger partial charge in [0, 0.05) is 37.2 Å². The van der Waals surface area contributed by atoms with E-state index in [0.717, 1.165) is 17.1 Å². The zero-order valence-electron chi connectivity index (χ0n) is 27.9. The third kappa shape index (κ3) is 4.68. The number of hydrogen-bond donors (Lipinski definition) is 0. The molecule has 0 unspecified atom stereocenters. The fraction of sp³-hybridized carbons (Fsp3) is 0.0204. The van der Waals surface area contributed by atoms with Crippen molar-refractivity contribution in [3.63, 3.8) is 0 Å². The lowest BCUT2D eigenvalue weighted by Crippen LogP contribution is -2.28. The van der Waals surface area contributed by atoms with E-state index in [9.17, 15) is 0 Å². The molecule has 51 heavy (non-hydrogen) atoms. The summed E-state index contributed by atoms with van der Waals surface area (Å²) < 4.78 is 2.59. The van der Waals surface area contributed by atoms with E-state index in [-0.39, 0.29) is 0 Å². The lowest BCUT2D eigenvalue weighted by molar-refractivity contribution is 0.769. The maximum absolute atomic E-state index is 2.46. The summed E-state index contributed by atoms with van der Waals surface area (Å²) >= 11 is 1.87. The van der Waals surface area contributed by atoms with Crippen molar-refractivity contribution in [3.8, 4) is 22.3 Å². The molecular weight excluding hydrogens is 635 g/mol. The second-order valence-corrected chi connectivity index (χ2v) is 14.4. The molecule has 0 saturated carbocycles. The predicted molar refractivity (Wildman–Crippen MR) is 217 cm³/mol. The van der Waals surface area contributed by atoms with Crippen LogP contribution in [0.1, 0.15) is 22.3 Å². The summed E-state index contributed by atoms with van der Waals surface area (Å²) in [5.74, 6) is 0. The van der Waals surface area contributed by atoms with E-state index in [2.05, 4.69) is 205 Å². The van der Waals surface area contributed by atoms with Gasteiger partial charge in [-0.15, -0.1) is 11.3 Å². The standard InChI is InChI=1S/C49H33NS/c1-5-15-36(16-6-1)49(37-17-7-2-8-18-37)45-24-14-13-23-41(45)42-28-25-35(32-46(42)49)34-26-29-47-43(31-34)44-33-40(27-30-48(44)51-47)50(38-19-9-3-10-20-38)39-21-11-4-12-22-39/h1-33H. The summed E-state index contributed by atoms with van der Waals surface area (Å²) in [6, 6.07) is 73.4. The molecule has 0 bridgehead atoms. The van der Waals surface area contributed by atoms with Crippen molar-refractivity contribution in [2.24, 2.45) is 0 Å². The molecule has 0 fully saturated rings. The highest BCUT2D eigenvalue weighted by molar-refractivity contribution is 7.25. The Morgan fingerprint density at radius 3 is 1.49 bits per heavy atom. The van der Waals surface area contributed by atoms with Crippen LogP contribution in [-0.4, -0.2) is 0 Å². The summed E-state index contributed by atoms with van der Waals surface area (Å²) in [4.78, 5) is 2.34. The van der Waals surface area contributed by atoms with Gasteiger partial charge >= 0.3 is 0 Å². The van der Waals surface area contributed by atoms with Crippen LogP contribution in [-0.2, 0) is 5.41 Å². The Morgan fingerprint density at radius 1 is 0.353 bits per heavy atom. The van der Waals surface area contributed by atoms with Gasteiger partial charge in [0.25, 0.3) is 0 Å². The lowest BCUT2D eigenvalue weighted by Gasteiger charge is -2.34. The molecule has 1 heterocycles. The minimum Gasteiger partial charge on any atom is -0.310 e. The number of hydrogen-bond acceptors (Lipinski definition) is 2. The van der Waals surface area contributed by atoms with Crippen molar-refractivity contribution in [1.29, 1.82) is 0 Å². The number of thiophene rings is 1. The van der Waals surface area contributed by atoms with Crippen LogP contribution >= 0.6 is 11.3 Å². The molecule has 0 aliphatic heterocycles. The van der Waals surface area contributed by atoms with Gasteiger partial charge in [0.2, 0.25) is 0 Å². The van der Waals surface area contributed by atoms with E-state index < -0.39 is 5.41 Å². The second kappa shape index (κ2) is 12.0. The molecule has 0 radical (unpaired) electrons. The first-order valence-corrected chi connectivity index (χ1v) is 18.3. The maximum Gasteiger partial charge on any atom is 0.0713 e. The largest absolute Gasteiger partial charge is 0.310 e. The average molecular weight is 668 g/mol. The molecule has 0 amide bonds. The van der Waals surface area contributed by atoms with Crippen LogP contribution < -0.4 is 4.90 Å². The summed E-state index contributed by atoms with van der Waals surface area (Å²) in [7, 11) is 0. The van der Waals surface area contributed by atoms with E-state index in [1.54, 1.807) is 0 Å². The summed E-state index contributed by atoms with van der Waals surface area (Å²) in [6.45, 7) is 0. The highest BCUT2D eigenvalue weighted by Gasteiger charge is 2.46. The quantitative estimate of drug-likeness (QED) is 0.171. The molecular formula is C49H33NS. The smallest absolute Gasteiger partial charge is 0.0713 e. The predicted octanol–water partition coefficient (Wildman–Crippen LogP) is 13.6.